The molecule has 0 atom stereocenters. The fourth-order valence-electron chi connectivity index (χ4n) is 1.66. The quantitative estimate of drug-likeness (QED) is 0.647. The largest absolute Gasteiger partial charge is 0.240 e. The Bertz CT molecular complexity index is 359. The number of allylic oxidation sites excluding steroid dienone is 1. The van der Waals surface area contributed by atoms with Crippen molar-refractivity contribution in [2.75, 3.05) is 0 Å². The average Bonchev–Trinajstić information content (AvgIpc) is 2.66. The Morgan fingerprint density at radius 3 is 2.40 bits per heavy atom. The van der Waals surface area contributed by atoms with Gasteiger partial charge in [-0.25, -0.2) is 9.97 Å². The van der Waals surface area contributed by atoms with Crippen LogP contribution in [0.2, 0.25) is 0 Å². The van der Waals surface area contributed by atoms with E-state index in [0.717, 1.165) is 12.1 Å². The Morgan fingerprint density at radius 1 is 1.13 bits per heavy atom. The number of fused-ring (bicyclic) bond motifs is 1. The summed E-state index contributed by atoms with van der Waals surface area (Å²) < 4.78 is 0. The van der Waals surface area contributed by atoms with Gasteiger partial charge in [0.2, 0.25) is 0 Å². The Kier molecular flexibility index (Phi) is 3.61. The molecular weight excluding hydrogens is 184 g/mol. The maximum Gasteiger partial charge on any atom is 0.116 e. The molecule has 2 rings (SSSR count). The number of aromatic nitrogens is 2. The topological polar surface area (TPSA) is 25.8 Å². The lowest BCUT2D eigenvalue weighted by atomic mass is 9.88. The molecule has 0 saturated heterocycles. The normalized spacial score (nSPS) is 13.1. The molecule has 0 bridgehead atoms. The second-order valence-corrected chi connectivity index (χ2v) is 4.44. The van der Waals surface area contributed by atoms with Crippen molar-refractivity contribution in [2.24, 2.45) is 0 Å². The first kappa shape index (κ1) is 11.9. The van der Waals surface area contributed by atoms with Gasteiger partial charge >= 0.3 is 0 Å². The van der Waals surface area contributed by atoms with Crippen LogP contribution in [0.25, 0.3) is 6.08 Å². The maximum absolute atomic E-state index is 4.36. The summed E-state index contributed by atoms with van der Waals surface area (Å²) in [6.45, 7) is 10.5. The highest BCUT2D eigenvalue weighted by atomic mass is 14.9. The molecule has 1 aliphatic carbocycles. The fourth-order valence-corrected chi connectivity index (χ4v) is 1.66. The molecule has 0 aliphatic heterocycles. The molecule has 15 heavy (non-hydrogen) atoms. The van der Waals surface area contributed by atoms with Crippen molar-refractivity contribution < 1.29 is 0 Å². The highest BCUT2D eigenvalue weighted by Crippen LogP contribution is 2.28. The summed E-state index contributed by atoms with van der Waals surface area (Å²) in [6.07, 6.45) is 6.91. The molecule has 0 unspecified atom stereocenters. The van der Waals surface area contributed by atoms with Crippen LogP contribution in [-0.2, 0) is 11.8 Å². The fraction of sp³-hybridized carbons (Fsp3) is 0.538. The monoisotopic (exact) mass is 204 g/mol. The molecule has 2 nitrogen and oxygen atoms in total. The molecule has 0 spiro atoms. The van der Waals surface area contributed by atoms with Gasteiger partial charge in [0.25, 0.3) is 0 Å². The summed E-state index contributed by atoms with van der Waals surface area (Å²) in [4.78, 5) is 8.62. The Morgan fingerprint density at radius 2 is 1.80 bits per heavy atom. The first-order valence-electron chi connectivity index (χ1n) is 5.60. The standard InChI is InChI=1S/C11H14N2.C2H6/c1-11(2,3)10-8-5-4-6-9(8)12-7-13-10;1-2/h4-5,7H,6H2,1-3H3;1-2H3. The summed E-state index contributed by atoms with van der Waals surface area (Å²) in [6, 6.07) is 0. The molecule has 0 N–H and O–H groups in total. The molecule has 2 heteroatoms. The molecule has 82 valence electrons. The predicted molar refractivity (Wildman–Crippen MR) is 64.8 cm³/mol. The van der Waals surface area contributed by atoms with Crippen LogP contribution >= 0.6 is 0 Å². The average molecular weight is 204 g/mol. The first-order valence-corrected chi connectivity index (χ1v) is 5.60. The molecule has 0 aromatic carbocycles. The third-order valence-electron chi connectivity index (χ3n) is 2.27. The lowest BCUT2D eigenvalue weighted by Gasteiger charge is -2.19. The molecule has 0 radical (unpaired) electrons. The Balaban J connectivity index is 0.000000531. The van der Waals surface area contributed by atoms with E-state index < -0.39 is 0 Å². The molecule has 1 aromatic rings. The van der Waals surface area contributed by atoms with Crippen LogP contribution in [-0.4, -0.2) is 9.97 Å². The van der Waals surface area contributed by atoms with E-state index in [9.17, 15) is 0 Å². The van der Waals surface area contributed by atoms with Crippen LogP contribution in [0.15, 0.2) is 12.4 Å². The van der Waals surface area contributed by atoms with Gasteiger partial charge in [-0.3, -0.25) is 0 Å². The van der Waals surface area contributed by atoms with E-state index in [-0.39, 0.29) is 5.41 Å². The van der Waals surface area contributed by atoms with Crippen LogP contribution in [0.4, 0.5) is 0 Å². The van der Waals surface area contributed by atoms with Gasteiger partial charge in [0.1, 0.15) is 6.33 Å². The van der Waals surface area contributed by atoms with Crippen molar-refractivity contribution in [2.45, 2.75) is 46.5 Å². The van der Waals surface area contributed by atoms with Crippen LogP contribution < -0.4 is 0 Å². The van der Waals surface area contributed by atoms with E-state index in [4.69, 9.17) is 0 Å². The summed E-state index contributed by atoms with van der Waals surface area (Å²) in [5.74, 6) is 0. The number of hydrogen-bond donors (Lipinski definition) is 0. The van der Waals surface area contributed by atoms with Crippen molar-refractivity contribution in [1.29, 1.82) is 0 Å². The van der Waals surface area contributed by atoms with E-state index in [1.54, 1.807) is 6.33 Å². The van der Waals surface area contributed by atoms with Crippen LogP contribution in [0.1, 0.15) is 51.6 Å². The number of hydrogen-bond acceptors (Lipinski definition) is 2. The van der Waals surface area contributed by atoms with Crippen molar-refractivity contribution >= 4 is 6.08 Å². The molecule has 1 heterocycles. The lowest BCUT2D eigenvalue weighted by Crippen LogP contribution is -2.16. The van der Waals surface area contributed by atoms with Crippen LogP contribution in [0.5, 0.6) is 0 Å². The highest BCUT2D eigenvalue weighted by molar-refractivity contribution is 5.60. The molecule has 0 fully saturated rings. The highest BCUT2D eigenvalue weighted by Gasteiger charge is 2.22. The van der Waals surface area contributed by atoms with Crippen molar-refractivity contribution in [3.8, 4) is 0 Å². The zero-order valence-electron chi connectivity index (χ0n) is 10.3. The van der Waals surface area contributed by atoms with Crippen LogP contribution in [0.3, 0.4) is 0 Å². The summed E-state index contributed by atoms with van der Waals surface area (Å²) in [7, 11) is 0. The zero-order valence-corrected chi connectivity index (χ0v) is 10.3. The molecule has 1 aromatic heterocycles. The minimum Gasteiger partial charge on any atom is -0.240 e. The third kappa shape index (κ3) is 2.44. The Hall–Kier alpha value is -1.18. The molecule has 0 amide bonds. The minimum atomic E-state index is 0.113. The second kappa shape index (κ2) is 4.56. The van der Waals surface area contributed by atoms with Gasteiger partial charge in [-0.15, -0.1) is 0 Å². The summed E-state index contributed by atoms with van der Waals surface area (Å²) >= 11 is 0. The number of nitrogens with zero attached hydrogens (tertiary/aromatic N) is 2. The van der Waals surface area contributed by atoms with E-state index in [2.05, 4.69) is 42.9 Å². The van der Waals surface area contributed by atoms with Crippen molar-refractivity contribution in [3.63, 3.8) is 0 Å². The van der Waals surface area contributed by atoms with Crippen LogP contribution in [0, 0.1) is 0 Å². The third-order valence-corrected chi connectivity index (χ3v) is 2.27. The van der Waals surface area contributed by atoms with Gasteiger partial charge in [0.05, 0.1) is 11.4 Å². The Labute approximate surface area is 92.5 Å². The first-order chi connectivity index (χ1) is 7.09. The van der Waals surface area contributed by atoms with Gasteiger partial charge in [0.15, 0.2) is 0 Å². The van der Waals surface area contributed by atoms with E-state index in [1.807, 2.05) is 13.8 Å². The minimum absolute atomic E-state index is 0.113. The van der Waals surface area contributed by atoms with E-state index in [0.29, 0.717) is 0 Å². The maximum atomic E-state index is 4.36. The molecular formula is C13H20N2. The lowest BCUT2D eigenvalue weighted by molar-refractivity contribution is 0.564. The summed E-state index contributed by atoms with van der Waals surface area (Å²) in [5.41, 5.74) is 3.67. The van der Waals surface area contributed by atoms with E-state index >= 15 is 0 Å². The molecule has 0 saturated carbocycles. The number of rotatable bonds is 0. The van der Waals surface area contributed by atoms with Gasteiger partial charge in [-0.2, -0.15) is 0 Å². The van der Waals surface area contributed by atoms with Crippen molar-refractivity contribution in [3.05, 3.63) is 29.4 Å². The van der Waals surface area contributed by atoms with Gasteiger partial charge in [-0.05, 0) is 0 Å². The smallest absolute Gasteiger partial charge is 0.116 e. The molecule has 1 aliphatic rings. The van der Waals surface area contributed by atoms with Gasteiger partial charge < -0.3 is 0 Å². The van der Waals surface area contributed by atoms with Crippen molar-refractivity contribution in [1.82, 2.24) is 9.97 Å². The zero-order chi connectivity index (χ0) is 11.5. The van der Waals surface area contributed by atoms with Gasteiger partial charge in [-0.1, -0.05) is 46.8 Å². The SMILES string of the molecule is CC.CC(C)(C)c1ncnc2c1C=CC2. The predicted octanol–water partition coefficient (Wildman–Crippen LogP) is 3.37. The van der Waals surface area contributed by atoms with E-state index in [1.165, 1.54) is 11.3 Å². The van der Waals surface area contributed by atoms with Gasteiger partial charge in [0, 0.05) is 17.4 Å². The second-order valence-electron chi connectivity index (χ2n) is 4.44. The summed E-state index contributed by atoms with van der Waals surface area (Å²) in [5, 5.41) is 0.